The number of carbonyl (C=O) groups is 1. The second-order valence-corrected chi connectivity index (χ2v) is 5.48. The van der Waals surface area contributed by atoms with E-state index in [9.17, 15) is 4.79 Å². The van der Waals surface area contributed by atoms with Gasteiger partial charge in [-0.3, -0.25) is 4.79 Å². The Hall–Kier alpha value is -1.88. The van der Waals surface area contributed by atoms with Gasteiger partial charge in [-0.15, -0.1) is 0 Å². The minimum Gasteiger partial charge on any atom is -0.481 e. The SMILES string of the molecule is O=C(O)C1CCCC(NCc2cn3ccccc3n2)C1. The lowest BCUT2D eigenvalue weighted by Crippen LogP contribution is -2.36. The summed E-state index contributed by atoms with van der Waals surface area (Å²) in [6, 6.07) is 6.21. The number of carboxylic acid groups (broad SMARTS) is 1. The minimum absolute atomic E-state index is 0.192. The van der Waals surface area contributed by atoms with E-state index in [1.807, 2.05) is 35.0 Å². The summed E-state index contributed by atoms with van der Waals surface area (Å²) in [6.45, 7) is 0.693. The molecule has 0 aromatic carbocycles. The average Bonchev–Trinajstić information content (AvgIpc) is 2.88. The van der Waals surface area contributed by atoms with Crippen LogP contribution >= 0.6 is 0 Å². The summed E-state index contributed by atoms with van der Waals surface area (Å²) in [4.78, 5) is 15.6. The number of aromatic nitrogens is 2. The lowest BCUT2D eigenvalue weighted by molar-refractivity contribution is -0.143. The summed E-state index contributed by atoms with van der Waals surface area (Å²) in [5, 5.41) is 12.5. The average molecular weight is 273 g/mol. The molecule has 0 amide bonds. The molecule has 2 unspecified atom stereocenters. The van der Waals surface area contributed by atoms with Gasteiger partial charge in [0.2, 0.25) is 0 Å². The molecule has 0 radical (unpaired) electrons. The van der Waals surface area contributed by atoms with Gasteiger partial charge in [0.25, 0.3) is 0 Å². The van der Waals surface area contributed by atoms with E-state index in [0.29, 0.717) is 6.54 Å². The zero-order valence-corrected chi connectivity index (χ0v) is 11.3. The summed E-state index contributed by atoms with van der Waals surface area (Å²) >= 11 is 0. The first kappa shape index (κ1) is 13.1. The standard InChI is InChI=1S/C15H19N3O2/c19-15(20)11-4-3-5-12(8-11)16-9-13-10-18-7-2-1-6-14(18)17-13/h1-2,6-7,10-12,16H,3-5,8-9H2,(H,19,20). The highest BCUT2D eigenvalue weighted by Crippen LogP contribution is 2.24. The van der Waals surface area contributed by atoms with Crippen LogP contribution in [0.2, 0.25) is 0 Å². The predicted octanol–water partition coefficient (Wildman–Crippen LogP) is 2.07. The normalized spacial score (nSPS) is 23.0. The number of hydrogen-bond acceptors (Lipinski definition) is 3. The summed E-state index contributed by atoms with van der Waals surface area (Å²) in [5.74, 6) is -0.855. The maximum atomic E-state index is 11.0. The molecule has 0 saturated heterocycles. The van der Waals surface area contributed by atoms with Crippen LogP contribution in [0.15, 0.2) is 30.6 Å². The number of hydrogen-bond donors (Lipinski definition) is 2. The summed E-state index contributed by atoms with van der Waals surface area (Å²) < 4.78 is 2.00. The Morgan fingerprint density at radius 2 is 2.35 bits per heavy atom. The van der Waals surface area contributed by atoms with E-state index in [-0.39, 0.29) is 12.0 Å². The molecular formula is C15H19N3O2. The van der Waals surface area contributed by atoms with Crippen molar-refractivity contribution < 1.29 is 9.90 Å². The molecule has 0 bridgehead atoms. The first-order chi connectivity index (χ1) is 9.72. The lowest BCUT2D eigenvalue weighted by Gasteiger charge is -2.27. The Labute approximate surface area is 117 Å². The van der Waals surface area contributed by atoms with Gasteiger partial charge in [-0.2, -0.15) is 0 Å². The van der Waals surface area contributed by atoms with Crippen LogP contribution in [0.25, 0.3) is 5.65 Å². The second kappa shape index (κ2) is 5.63. The monoisotopic (exact) mass is 273 g/mol. The number of carboxylic acids is 1. The smallest absolute Gasteiger partial charge is 0.306 e. The van der Waals surface area contributed by atoms with Gasteiger partial charge >= 0.3 is 5.97 Å². The predicted molar refractivity (Wildman–Crippen MR) is 75.4 cm³/mol. The Morgan fingerprint density at radius 1 is 1.45 bits per heavy atom. The number of aliphatic carboxylic acids is 1. The van der Waals surface area contributed by atoms with Gasteiger partial charge in [0.15, 0.2) is 0 Å². The molecule has 0 spiro atoms. The molecule has 2 heterocycles. The number of nitrogens with zero attached hydrogens (tertiary/aromatic N) is 2. The number of pyridine rings is 1. The van der Waals surface area contributed by atoms with Crippen LogP contribution in [0.4, 0.5) is 0 Å². The van der Waals surface area contributed by atoms with Gasteiger partial charge in [0, 0.05) is 25.0 Å². The zero-order chi connectivity index (χ0) is 13.9. The van der Waals surface area contributed by atoms with E-state index in [1.54, 1.807) is 0 Å². The zero-order valence-electron chi connectivity index (χ0n) is 11.3. The van der Waals surface area contributed by atoms with E-state index < -0.39 is 5.97 Å². The Bertz CT molecular complexity index is 575. The molecule has 5 heteroatoms. The lowest BCUT2D eigenvalue weighted by atomic mass is 9.86. The Balaban J connectivity index is 1.60. The first-order valence-corrected chi connectivity index (χ1v) is 7.11. The van der Waals surface area contributed by atoms with Crippen molar-refractivity contribution in [1.29, 1.82) is 0 Å². The van der Waals surface area contributed by atoms with Crippen LogP contribution in [-0.4, -0.2) is 26.5 Å². The van der Waals surface area contributed by atoms with Crippen molar-refractivity contribution in [2.75, 3.05) is 0 Å². The Morgan fingerprint density at radius 3 is 3.15 bits per heavy atom. The van der Waals surface area contributed by atoms with Crippen molar-refractivity contribution >= 4 is 11.6 Å². The maximum absolute atomic E-state index is 11.0. The number of fused-ring (bicyclic) bond motifs is 1. The Kier molecular flexibility index (Phi) is 3.69. The molecule has 2 aromatic heterocycles. The molecule has 1 saturated carbocycles. The molecule has 1 aliphatic carbocycles. The molecule has 106 valence electrons. The van der Waals surface area contributed by atoms with E-state index in [0.717, 1.165) is 37.0 Å². The quantitative estimate of drug-likeness (QED) is 0.895. The molecule has 1 aliphatic rings. The topological polar surface area (TPSA) is 66.6 Å². The highest BCUT2D eigenvalue weighted by atomic mass is 16.4. The number of imidazole rings is 1. The van der Waals surface area contributed by atoms with Gasteiger partial charge in [0.05, 0.1) is 11.6 Å². The molecule has 0 aliphatic heterocycles. The van der Waals surface area contributed by atoms with E-state index in [4.69, 9.17) is 5.11 Å². The molecule has 20 heavy (non-hydrogen) atoms. The van der Waals surface area contributed by atoms with Gasteiger partial charge in [-0.1, -0.05) is 12.5 Å². The van der Waals surface area contributed by atoms with Crippen LogP contribution in [0, 0.1) is 5.92 Å². The fourth-order valence-electron chi connectivity index (χ4n) is 2.92. The third kappa shape index (κ3) is 2.82. The van der Waals surface area contributed by atoms with E-state index in [2.05, 4.69) is 10.3 Å². The number of rotatable bonds is 4. The molecule has 2 atom stereocenters. The molecule has 5 nitrogen and oxygen atoms in total. The van der Waals surface area contributed by atoms with E-state index >= 15 is 0 Å². The van der Waals surface area contributed by atoms with Crippen LogP contribution in [0.1, 0.15) is 31.4 Å². The van der Waals surface area contributed by atoms with Crippen LogP contribution in [0.3, 0.4) is 0 Å². The van der Waals surface area contributed by atoms with Gasteiger partial charge in [-0.05, 0) is 31.4 Å². The van der Waals surface area contributed by atoms with Gasteiger partial charge < -0.3 is 14.8 Å². The summed E-state index contributed by atoms with van der Waals surface area (Å²) in [6.07, 6.45) is 7.56. The fraction of sp³-hybridized carbons (Fsp3) is 0.467. The summed E-state index contributed by atoms with van der Waals surface area (Å²) in [7, 11) is 0. The highest BCUT2D eigenvalue weighted by Gasteiger charge is 2.26. The van der Waals surface area contributed by atoms with Crippen LogP contribution in [-0.2, 0) is 11.3 Å². The summed E-state index contributed by atoms with van der Waals surface area (Å²) in [5.41, 5.74) is 1.94. The third-order valence-corrected chi connectivity index (χ3v) is 4.01. The highest BCUT2D eigenvalue weighted by molar-refractivity contribution is 5.70. The van der Waals surface area contributed by atoms with Gasteiger partial charge in [-0.25, -0.2) is 4.98 Å². The van der Waals surface area contributed by atoms with Crippen molar-refractivity contribution in [3.63, 3.8) is 0 Å². The van der Waals surface area contributed by atoms with Crippen molar-refractivity contribution in [1.82, 2.24) is 14.7 Å². The fourth-order valence-corrected chi connectivity index (χ4v) is 2.92. The van der Waals surface area contributed by atoms with Gasteiger partial charge in [0.1, 0.15) is 5.65 Å². The molecule has 1 fully saturated rings. The van der Waals surface area contributed by atoms with Crippen molar-refractivity contribution in [2.24, 2.45) is 5.92 Å². The molecular weight excluding hydrogens is 254 g/mol. The molecule has 2 N–H and O–H groups in total. The van der Waals surface area contributed by atoms with Crippen molar-refractivity contribution in [3.05, 3.63) is 36.3 Å². The minimum atomic E-state index is -0.663. The van der Waals surface area contributed by atoms with E-state index in [1.165, 1.54) is 0 Å². The molecule has 3 rings (SSSR count). The first-order valence-electron chi connectivity index (χ1n) is 7.11. The maximum Gasteiger partial charge on any atom is 0.306 e. The van der Waals surface area contributed by atoms with Crippen molar-refractivity contribution in [3.8, 4) is 0 Å². The third-order valence-electron chi connectivity index (χ3n) is 4.01. The second-order valence-electron chi connectivity index (χ2n) is 5.48. The molecule has 2 aromatic rings. The largest absolute Gasteiger partial charge is 0.481 e. The van der Waals surface area contributed by atoms with Crippen LogP contribution in [0.5, 0.6) is 0 Å². The van der Waals surface area contributed by atoms with Crippen LogP contribution < -0.4 is 5.32 Å². The van der Waals surface area contributed by atoms with Crippen molar-refractivity contribution in [2.45, 2.75) is 38.3 Å². The number of nitrogens with one attached hydrogen (secondary N) is 1.